The molecule has 0 aromatic carbocycles. The summed E-state index contributed by atoms with van der Waals surface area (Å²) < 4.78 is 18.2. The molecule has 0 aromatic heterocycles. The Balaban J connectivity index is 2.96. The van der Waals surface area contributed by atoms with Crippen LogP contribution in [0.5, 0.6) is 0 Å². The van der Waals surface area contributed by atoms with E-state index in [4.69, 9.17) is 0 Å². The zero-order valence-electron chi connectivity index (χ0n) is 8.16. The van der Waals surface area contributed by atoms with E-state index in [0.717, 1.165) is 0 Å². The fraction of sp³-hybridized carbons (Fsp3) is 0.500. The van der Waals surface area contributed by atoms with Gasteiger partial charge in [-0.25, -0.2) is 4.39 Å². The number of methoxy groups -OCH3 is 1. The highest BCUT2D eigenvalue weighted by Crippen LogP contribution is 2.25. The maximum absolute atomic E-state index is 13.5. The maximum Gasteiger partial charge on any atom is 0.161 e. The molecule has 1 N–H and O–H groups in total. The van der Waals surface area contributed by atoms with Gasteiger partial charge >= 0.3 is 0 Å². The van der Waals surface area contributed by atoms with Crippen molar-refractivity contribution in [2.45, 2.75) is 13.1 Å². The van der Waals surface area contributed by atoms with Crippen LogP contribution in [0.4, 0.5) is 4.39 Å². The van der Waals surface area contributed by atoms with Crippen LogP contribution in [0.2, 0.25) is 0 Å². The third-order valence-electron chi connectivity index (χ3n) is 2.23. The number of carbonyl (C=O) groups excluding carboxylic acids is 1. The predicted molar refractivity (Wildman–Crippen MR) is 49.7 cm³/mol. The third-order valence-corrected chi connectivity index (χ3v) is 2.23. The molecule has 0 bridgehead atoms. The first-order valence-electron chi connectivity index (χ1n) is 4.35. The van der Waals surface area contributed by atoms with Crippen molar-refractivity contribution < 1.29 is 19.0 Å². The molecule has 0 spiro atoms. The summed E-state index contributed by atoms with van der Waals surface area (Å²) in [5, 5.41) is 9.40. The molecule has 0 saturated heterocycles. The molecule has 4 heteroatoms. The van der Waals surface area contributed by atoms with Crippen LogP contribution < -0.4 is 0 Å². The topological polar surface area (TPSA) is 46.5 Å². The summed E-state index contributed by atoms with van der Waals surface area (Å²) in [6.07, 6.45) is 1.14. The molecule has 2 atom stereocenters. The lowest BCUT2D eigenvalue weighted by Crippen LogP contribution is -2.27. The highest BCUT2D eigenvalue weighted by Gasteiger charge is 2.30. The summed E-state index contributed by atoms with van der Waals surface area (Å²) >= 11 is 0. The number of aliphatic hydroxyl groups excluding tert-OH is 1. The van der Waals surface area contributed by atoms with Gasteiger partial charge in [0.2, 0.25) is 0 Å². The number of alkyl halides is 1. The van der Waals surface area contributed by atoms with Gasteiger partial charge in [0.05, 0.1) is 5.92 Å². The van der Waals surface area contributed by atoms with Crippen LogP contribution in [-0.4, -0.2) is 30.8 Å². The molecular formula is C10H13FO3. The van der Waals surface area contributed by atoms with E-state index in [1.807, 2.05) is 0 Å². The van der Waals surface area contributed by atoms with E-state index < -0.39 is 12.1 Å². The van der Waals surface area contributed by atoms with Gasteiger partial charge in [0, 0.05) is 12.7 Å². The quantitative estimate of drug-likeness (QED) is 0.688. The minimum atomic E-state index is -1.44. The molecule has 1 rings (SSSR count). The monoisotopic (exact) mass is 200 g/mol. The van der Waals surface area contributed by atoms with Crippen molar-refractivity contribution in [1.82, 2.24) is 0 Å². The minimum absolute atomic E-state index is 0.0407. The molecule has 0 saturated carbocycles. The van der Waals surface area contributed by atoms with Gasteiger partial charge in [-0.3, -0.25) is 4.79 Å². The number of allylic oxidation sites excluding steroid dienone is 3. The van der Waals surface area contributed by atoms with Crippen molar-refractivity contribution >= 4 is 5.78 Å². The lowest BCUT2D eigenvalue weighted by molar-refractivity contribution is -0.119. The molecule has 0 aliphatic heterocycles. The second-order valence-electron chi connectivity index (χ2n) is 3.26. The predicted octanol–water partition coefficient (Wildman–Crippen LogP) is 1.56. The van der Waals surface area contributed by atoms with Crippen molar-refractivity contribution in [1.29, 1.82) is 0 Å². The molecule has 1 aliphatic carbocycles. The summed E-state index contributed by atoms with van der Waals surface area (Å²) in [7, 11) is 1.41. The van der Waals surface area contributed by atoms with Crippen LogP contribution in [0.1, 0.15) is 6.92 Å². The molecule has 0 radical (unpaired) electrons. The standard InChI is InChI=1S/C10H13FO3/c1-6-8(12)4-3-7(10(6)11)9(13)5-14-2/h3-4,6,10,13H,5H2,1-2H3. The van der Waals surface area contributed by atoms with Gasteiger partial charge in [0.25, 0.3) is 0 Å². The lowest BCUT2D eigenvalue weighted by Gasteiger charge is -2.20. The second kappa shape index (κ2) is 4.37. The number of aliphatic hydroxyl groups is 1. The number of ketones is 1. The van der Waals surface area contributed by atoms with Gasteiger partial charge in [0.15, 0.2) is 5.78 Å². The molecule has 0 amide bonds. The van der Waals surface area contributed by atoms with Crippen molar-refractivity contribution in [3.05, 3.63) is 23.5 Å². The van der Waals surface area contributed by atoms with Gasteiger partial charge in [-0.2, -0.15) is 0 Å². The summed E-state index contributed by atoms with van der Waals surface area (Å²) in [5.41, 5.74) is 0.138. The number of rotatable bonds is 2. The Bertz CT molecular complexity index is 294. The van der Waals surface area contributed by atoms with Gasteiger partial charge in [-0.1, -0.05) is 6.92 Å². The average molecular weight is 200 g/mol. The smallest absolute Gasteiger partial charge is 0.161 e. The molecule has 1 aliphatic rings. The zero-order chi connectivity index (χ0) is 10.7. The van der Waals surface area contributed by atoms with Crippen molar-refractivity contribution in [2.24, 2.45) is 5.92 Å². The highest BCUT2D eigenvalue weighted by atomic mass is 19.1. The minimum Gasteiger partial charge on any atom is -0.509 e. The van der Waals surface area contributed by atoms with Crippen LogP contribution >= 0.6 is 0 Å². The van der Waals surface area contributed by atoms with E-state index in [0.29, 0.717) is 0 Å². The molecule has 14 heavy (non-hydrogen) atoms. The van der Waals surface area contributed by atoms with Crippen molar-refractivity contribution in [3.8, 4) is 0 Å². The lowest BCUT2D eigenvalue weighted by atomic mass is 9.88. The average Bonchev–Trinajstić information content (AvgIpc) is 2.15. The molecule has 78 valence electrons. The van der Waals surface area contributed by atoms with Crippen molar-refractivity contribution in [2.75, 3.05) is 13.7 Å². The van der Waals surface area contributed by atoms with Crippen LogP contribution in [0.3, 0.4) is 0 Å². The Morgan fingerprint density at radius 3 is 2.86 bits per heavy atom. The third kappa shape index (κ3) is 2.01. The Kier molecular flexibility index (Phi) is 3.41. The summed E-state index contributed by atoms with van der Waals surface area (Å²) in [5.74, 6) is -1.14. The van der Waals surface area contributed by atoms with Gasteiger partial charge < -0.3 is 9.84 Å². The molecule has 2 unspecified atom stereocenters. The zero-order valence-corrected chi connectivity index (χ0v) is 8.16. The van der Waals surface area contributed by atoms with E-state index >= 15 is 0 Å². The Labute approximate surface area is 81.9 Å². The van der Waals surface area contributed by atoms with Gasteiger partial charge in [-0.15, -0.1) is 0 Å². The van der Waals surface area contributed by atoms with Crippen LogP contribution in [0.25, 0.3) is 0 Å². The van der Waals surface area contributed by atoms with E-state index in [-0.39, 0.29) is 23.7 Å². The largest absolute Gasteiger partial charge is 0.509 e. The second-order valence-corrected chi connectivity index (χ2v) is 3.26. The van der Waals surface area contributed by atoms with Crippen LogP contribution in [-0.2, 0) is 9.53 Å². The van der Waals surface area contributed by atoms with Gasteiger partial charge in [-0.05, 0) is 12.2 Å². The Hall–Kier alpha value is -1.16. The number of halogens is 1. The van der Waals surface area contributed by atoms with E-state index in [1.54, 1.807) is 0 Å². The molecule has 3 nitrogen and oxygen atoms in total. The maximum atomic E-state index is 13.5. The first kappa shape index (κ1) is 10.9. The molecule has 0 fully saturated rings. The molecule has 0 heterocycles. The van der Waals surface area contributed by atoms with E-state index in [2.05, 4.69) is 4.74 Å². The fourth-order valence-corrected chi connectivity index (χ4v) is 1.30. The first-order chi connectivity index (χ1) is 6.57. The van der Waals surface area contributed by atoms with E-state index in [9.17, 15) is 14.3 Å². The Morgan fingerprint density at radius 1 is 1.64 bits per heavy atom. The summed E-state index contributed by atoms with van der Waals surface area (Å²) in [4.78, 5) is 11.1. The van der Waals surface area contributed by atoms with Crippen LogP contribution in [0.15, 0.2) is 23.5 Å². The van der Waals surface area contributed by atoms with Crippen LogP contribution in [0, 0.1) is 5.92 Å². The fourth-order valence-electron chi connectivity index (χ4n) is 1.30. The molecular weight excluding hydrogens is 187 g/mol. The summed E-state index contributed by atoms with van der Waals surface area (Å²) in [6, 6.07) is 0. The number of carbonyl (C=O) groups is 1. The Morgan fingerprint density at radius 2 is 2.29 bits per heavy atom. The number of ether oxygens (including phenoxy) is 1. The number of hydrogen-bond acceptors (Lipinski definition) is 3. The first-order valence-corrected chi connectivity index (χ1v) is 4.35. The summed E-state index contributed by atoms with van der Waals surface area (Å²) in [6.45, 7) is 1.46. The van der Waals surface area contributed by atoms with Crippen molar-refractivity contribution in [3.63, 3.8) is 0 Å². The number of hydrogen-bond donors (Lipinski definition) is 1. The van der Waals surface area contributed by atoms with Gasteiger partial charge in [0.1, 0.15) is 18.5 Å². The molecule has 0 aromatic rings. The SMILES string of the molecule is COCC(O)=C1C=CC(=O)C(C)C1F. The normalized spacial score (nSPS) is 30.6. The van der Waals surface area contributed by atoms with E-state index in [1.165, 1.54) is 26.2 Å². The highest BCUT2D eigenvalue weighted by molar-refractivity contribution is 5.94.